The molecule has 0 aliphatic carbocycles. The fourth-order valence-corrected chi connectivity index (χ4v) is 1.69. The average Bonchev–Trinajstić information content (AvgIpc) is 2.40. The van der Waals surface area contributed by atoms with E-state index in [0.717, 1.165) is 22.6 Å². The van der Waals surface area contributed by atoms with E-state index < -0.39 is 0 Å². The first kappa shape index (κ1) is 13.4. The predicted molar refractivity (Wildman–Crippen MR) is 80.3 cm³/mol. The van der Waals surface area contributed by atoms with Gasteiger partial charge in [-0.2, -0.15) is 0 Å². The fourth-order valence-electron chi connectivity index (χ4n) is 1.69. The summed E-state index contributed by atoms with van der Waals surface area (Å²) < 4.78 is 5.80. The van der Waals surface area contributed by atoms with E-state index in [-0.39, 0.29) is 6.04 Å². The largest absolute Gasteiger partial charge is 0.457 e. The lowest BCUT2D eigenvalue weighted by Crippen LogP contribution is -2.15. The van der Waals surface area contributed by atoms with Gasteiger partial charge in [-0.1, -0.05) is 42.0 Å². The van der Waals surface area contributed by atoms with Crippen molar-refractivity contribution in [2.75, 3.05) is 0 Å². The highest BCUT2D eigenvalue weighted by Gasteiger charge is 2.00. The third kappa shape index (κ3) is 3.97. The molecule has 2 heteroatoms. The van der Waals surface area contributed by atoms with E-state index in [9.17, 15) is 0 Å². The van der Waals surface area contributed by atoms with Gasteiger partial charge in [0.1, 0.15) is 11.5 Å². The van der Waals surface area contributed by atoms with Crippen LogP contribution in [0.25, 0.3) is 6.08 Å². The number of rotatable bonds is 4. The number of nitrogens with two attached hydrogens (primary N) is 1. The zero-order valence-electron chi connectivity index (χ0n) is 11.3. The summed E-state index contributed by atoms with van der Waals surface area (Å²) in [5, 5.41) is 0. The summed E-state index contributed by atoms with van der Waals surface area (Å²) in [6, 6.07) is 17.8. The first-order valence-electron chi connectivity index (χ1n) is 6.42. The minimum Gasteiger partial charge on any atom is -0.457 e. The second-order valence-electron chi connectivity index (χ2n) is 4.66. The first-order valence-corrected chi connectivity index (χ1v) is 6.42. The third-order valence-electron chi connectivity index (χ3n) is 2.95. The lowest BCUT2D eigenvalue weighted by Gasteiger charge is -2.08. The van der Waals surface area contributed by atoms with Gasteiger partial charge in [0.25, 0.3) is 0 Å². The van der Waals surface area contributed by atoms with Crippen LogP contribution in [-0.2, 0) is 0 Å². The van der Waals surface area contributed by atoms with Gasteiger partial charge < -0.3 is 10.5 Å². The Labute approximate surface area is 114 Å². The molecule has 0 spiro atoms. The maximum absolute atomic E-state index is 5.85. The van der Waals surface area contributed by atoms with E-state index in [1.54, 1.807) is 0 Å². The maximum atomic E-state index is 5.85. The standard InChI is InChI=1S/C17H19NO/c1-13(14(2)18)11-15-7-6-10-17(12-15)19-16-8-4-3-5-9-16/h3-12,14H,18H2,1-2H3/b13-11+. The number of hydrogen-bond donors (Lipinski definition) is 1. The third-order valence-corrected chi connectivity index (χ3v) is 2.95. The molecule has 2 aromatic rings. The molecule has 0 aliphatic rings. The second-order valence-corrected chi connectivity index (χ2v) is 4.66. The van der Waals surface area contributed by atoms with Crippen LogP contribution in [0.2, 0.25) is 0 Å². The topological polar surface area (TPSA) is 35.2 Å². The molecule has 0 fully saturated rings. The number of para-hydroxylation sites is 1. The molecule has 0 saturated heterocycles. The van der Waals surface area contributed by atoms with Crippen molar-refractivity contribution in [3.63, 3.8) is 0 Å². The Morgan fingerprint density at radius 3 is 2.42 bits per heavy atom. The van der Waals surface area contributed by atoms with Crippen LogP contribution in [0.4, 0.5) is 0 Å². The summed E-state index contributed by atoms with van der Waals surface area (Å²) in [6.45, 7) is 4.02. The van der Waals surface area contributed by atoms with Crippen molar-refractivity contribution >= 4 is 6.08 Å². The van der Waals surface area contributed by atoms with E-state index in [4.69, 9.17) is 10.5 Å². The van der Waals surface area contributed by atoms with E-state index in [0.29, 0.717) is 0 Å². The highest BCUT2D eigenvalue weighted by Crippen LogP contribution is 2.22. The van der Waals surface area contributed by atoms with E-state index >= 15 is 0 Å². The van der Waals surface area contributed by atoms with Crippen LogP contribution in [0.1, 0.15) is 19.4 Å². The molecule has 2 aromatic carbocycles. The molecule has 0 radical (unpaired) electrons. The molecule has 1 atom stereocenters. The molecule has 0 saturated carbocycles. The van der Waals surface area contributed by atoms with Gasteiger partial charge in [0, 0.05) is 6.04 Å². The van der Waals surface area contributed by atoms with Crippen LogP contribution < -0.4 is 10.5 Å². The van der Waals surface area contributed by atoms with Crippen LogP contribution in [-0.4, -0.2) is 6.04 Å². The number of benzene rings is 2. The van der Waals surface area contributed by atoms with Crippen molar-refractivity contribution in [3.05, 3.63) is 65.7 Å². The van der Waals surface area contributed by atoms with Gasteiger partial charge in [0.2, 0.25) is 0 Å². The van der Waals surface area contributed by atoms with Gasteiger partial charge in [-0.3, -0.25) is 0 Å². The lowest BCUT2D eigenvalue weighted by atomic mass is 10.1. The molecule has 1 unspecified atom stereocenters. The van der Waals surface area contributed by atoms with Crippen LogP contribution in [0.15, 0.2) is 60.2 Å². The van der Waals surface area contributed by atoms with Crippen molar-refractivity contribution < 1.29 is 4.74 Å². The summed E-state index contributed by atoms with van der Waals surface area (Å²) in [5.74, 6) is 1.67. The van der Waals surface area contributed by atoms with Crippen molar-refractivity contribution in [2.24, 2.45) is 5.73 Å². The minimum atomic E-state index is 0.0682. The Kier molecular flexibility index (Phi) is 4.37. The van der Waals surface area contributed by atoms with Crippen molar-refractivity contribution in [2.45, 2.75) is 19.9 Å². The molecular formula is C17H19NO. The molecule has 0 bridgehead atoms. The predicted octanol–water partition coefficient (Wildman–Crippen LogP) is 4.23. The zero-order valence-corrected chi connectivity index (χ0v) is 11.3. The van der Waals surface area contributed by atoms with Crippen LogP contribution >= 0.6 is 0 Å². The molecule has 2 N–H and O–H groups in total. The summed E-state index contributed by atoms with van der Waals surface area (Å²) in [7, 11) is 0. The van der Waals surface area contributed by atoms with Gasteiger partial charge in [0.15, 0.2) is 0 Å². The molecule has 98 valence electrons. The van der Waals surface area contributed by atoms with E-state index in [2.05, 4.69) is 6.08 Å². The van der Waals surface area contributed by atoms with Crippen molar-refractivity contribution in [1.29, 1.82) is 0 Å². The highest BCUT2D eigenvalue weighted by atomic mass is 16.5. The van der Waals surface area contributed by atoms with Crippen LogP contribution in [0.5, 0.6) is 11.5 Å². The fraction of sp³-hybridized carbons (Fsp3) is 0.176. The van der Waals surface area contributed by atoms with E-state index in [1.165, 1.54) is 0 Å². The number of hydrogen-bond acceptors (Lipinski definition) is 2. The Morgan fingerprint density at radius 2 is 1.74 bits per heavy atom. The van der Waals surface area contributed by atoms with Gasteiger partial charge in [-0.25, -0.2) is 0 Å². The first-order chi connectivity index (χ1) is 9.15. The molecule has 0 aliphatic heterocycles. The molecule has 0 aromatic heterocycles. The van der Waals surface area contributed by atoms with E-state index in [1.807, 2.05) is 68.4 Å². The van der Waals surface area contributed by atoms with Crippen molar-refractivity contribution in [1.82, 2.24) is 0 Å². The smallest absolute Gasteiger partial charge is 0.128 e. The molecule has 0 amide bonds. The highest BCUT2D eigenvalue weighted by molar-refractivity contribution is 5.55. The Bertz CT molecular complexity index is 558. The van der Waals surface area contributed by atoms with Crippen LogP contribution in [0.3, 0.4) is 0 Å². The molecule has 2 nitrogen and oxygen atoms in total. The summed E-state index contributed by atoms with van der Waals surface area (Å²) in [4.78, 5) is 0. The molecule has 19 heavy (non-hydrogen) atoms. The average molecular weight is 253 g/mol. The normalized spacial score (nSPS) is 13.1. The Hall–Kier alpha value is -2.06. The maximum Gasteiger partial charge on any atom is 0.128 e. The van der Waals surface area contributed by atoms with Gasteiger partial charge >= 0.3 is 0 Å². The molecule has 0 heterocycles. The summed E-state index contributed by atoms with van der Waals surface area (Å²) in [6.07, 6.45) is 2.09. The Morgan fingerprint density at radius 1 is 1.05 bits per heavy atom. The van der Waals surface area contributed by atoms with Crippen molar-refractivity contribution in [3.8, 4) is 11.5 Å². The zero-order chi connectivity index (χ0) is 13.7. The lowest BCUT2D eigenvalue weighted by molar-refractivity contribution is 0.482. The summed E-state index contributed by atoms with van der Waals surface area (Å²) >= 11 is 0. The second kappa shape index (κ2) is 6.21. The van der Waals surface area contributed by atoms with Gasteiger partial charge in [-0.05, 0) is 43.7 Å². The molecule has 2 rings (SSSR count). The van der Waals surface area contributed by atoms with Crippen LogP contribution in [0, 0.1) is 0 Å². The van der Waals surface area contributed by atoms with Gasteiger partial charge in [0.05, 0.1) is 0 Å². The Balaban J connectivity index is 2.18. The monoisotopic (exact) mass is 253 g/mol. The quantitative estimate of drug-likeness (QED) is 0.885. The summed E-state index contributed by atoms with van der Waals surface area (Å²) in [5.41, 5.74) is 8.10. The SMILES string of the molecule is C/C(=C\c1cccc(Oc2ccccc2)c1)C(C)N. The number of ether oxygens (including phenoxy) is 1. The van der Waals surface area contributed by atoms with Gasteiger partial charge in [-0.15, -0.1) is 0 Å². The molecular weight excluding hydrogens is 234 g/mol. The minimum absolute atomic E-state index is 0.0682.